The maximum atomic E-state index is 11.5. The number of ether oxygens (including phenoxy) is 2. The van der Waals surface area contributed by atoms with E-state index in [-0.39, 0.29) is 5.97 Å². The van der Waals surface area contributed by atoms with E-state index in [9.17, 15) is 4.79 Å². The van der Waals surface area contributed by atoms with E-state index in [0.717, 1.165) is 26.5 Å². The van der Waals surface area contributed by atoms with Crippen LogP contribution in [0.15, 0.2) is 77.9 Å². The summed E-state index contributed by atoms with van der Waals surface area (Å²) in [5.74, 6) is 0.356. The van der Waals surface area contributed by atoms with Crippen LogP contribution in [0.1, 0.15) is 21.5 Å². The van der Waals surface area contributed by atoms with Crippen LogP contribution >= 0.6 is 11.3 Å². The van der Waals surface area contributed by atoms with E-state index in [1.165, 1.54) is 7.11 Å². The lowest BCUT2D eigenvalue weighted by molar-refractivity contribution is 0.0600. The lowest BCUT2D eigenvalue weighted by Crippen LogP contribution is -2.02. The second kappa shape index (κ2) is 9.19. The number of thiazole rings is 1. The highest BCUT2D eigenvalue weighted by molar-refractivity contribution is 7.22. The molecule has 0 aliphatic carbocycles. The van der Waals surface area contributed by atoms with Crippen LogP contribution in [0.4, 0.5) is 5.13 Å². The molecule has 1 N–H and O–H groups in total. The Hall–Kier alpha value is -3.71. The Labute approximate surface area is 177 Å². The summed E-state index contributed by atoms with van der Waals surface area (Å²) in [6, 6.07) is 22.8. The zero-order chi connectivity index (χ0) is 20.8. The predicted octanol–water partition coefficient (Wildman–Crippen LogP) is 5.11. The first-order valence-corrected chi connectivity index (χ1v) is 10.1. The van der Waals surface area contributed by atoms with E-state index >= 15 is 0 Å². The summed E-state index contributed by atoms with van der Waals surface area (Å²) in [6.45, 7) is 0.373. The van der Waals surface area contributed by atoms with Crippen LogP contribution in [0.25, 0.3) is 10.2 Å². The lowest BCUT2D eigenvalue weighted by Gasteiger charge is -2.09. The minimum Gasteiger partial charge on any atom is -0.488 e. The summed E-state index contributed by atoms with van der Waals surface area (Å²) >= 11 is 1.55. The van der Waals surface area contributed by atoms with E-state index < -0.39 is 0 Å². The molecular weight excluding hydrogens is 398 g/mol. The third-order valence-electron chi connectivity index (χ3n) is 4.35. The van der Waals surface area contributed by atoms with Crippen molar-refractivity contribution in [2.75, 3.05) is 12.5 Å². The number of methoxy groups -OCH3 is 1. The number of nitrogens with zero attached hydrogens (tertiary/aromatic N) is 2. The Kier molecular flexibility index (Phi) is 6.01. The van der Waals surface area contributed by atoms with Crippen molar-refractivity contribution in [2.24, 2.45) is 5.10 Å². The molecule has 6 nitrogen and oxygen atoms in total. The molecule has 30 heavy (non-hydrogen) atoms. The largest absolute Gasteiger partial charge is 0.488 e. The van der Waals surface area contributed by atoms with Crippen LogP contribution in [0.2, 0.25) is 0 Å². The molecule has 0 fully saturated rings. The topological polar surface area (TPSA) is 72.8 Å². The van der Waals surface area contributed by atoms with Gasteiger partial charge in [0.2, 0.25) is 5.13 Å². The molecule has 1 aromatic heterocycles. The average Bonchev–Trinajstić information content (AvgIpc) is 3.21. The molecule has 4 aromatic rings. The number of hydrogen-bond donors (Lipinski definition) is 1. The molecule has 0 unspecified atom stereocenters. The molecule has 0 radical (unpaired) electrons. The van der Waals surface area contributed by atoms with Crippen molar-refractivity contribution in [3.05, 3.63) is 89.5 Å². The molecule has 0 bridgehead atoms. The van der Waals surface area contributed by atoms with Crippen LogP contribution in [0.3, 0.4) is 0 Å². The van der Waals surface area contributed by atoms with Gasteiger partial charge in [-0.1, -0.05) is 47.7 Å². The Balaban J connectivity index is 1.40. The number of aromatic nitrogens is 1. The first-order chi connectivity index (χ1) is 14.7. The minimum absolute atomic E-state index is 0.357. The SMILES string of the molecule is COC(=O)c1ccc(COc2ccccc2/C=N/Nc2nc3ccccc3s2)cc1. The van der Waals surface area contributed by atoms with E-state index in [2.05, 4.69) is 15.5 Å². The van der Waals surface area contributed by atoms with Crippen LogP contribution in [0, 0.1) is 0 Å². The van der Waals surface area contributed by atoms with Crippen molar-refractivity contribution < 1.29 is 14.3 Å². The number of benzene rings is 3. The summed E-state index contributed by atoms with van der Waals surface area (Å²) in [6.07, 6.45) is 1.71. The van der Waals surface area contributed by atoms with Gasteiger partial charge in [-0.2, -0.15) is 5.10 Å². The smallest absolute Gasteiger partial charge is 0.337 e. The van der Waals surface area contributed by atoms with Gasteiger partial charge >= 0.3 is 5.97 Å². The molecule has 0 spiro atoms. The molecule has 0 amide bonds. The Morgan fingerprint density at radius 2 is 1.83 bits per heavy atom. The number of hydrogen-bond acceptors (Lipinski definition) is 7. The summed E-state index contributed by atoms with van der Waals surface area (Å²) in [7, 11) is 1.36. The fourth-order valence-electron chi connectivity index (χ4n) is 2.81. The summed E-state index contributed by atoms with van der Waals surface area (Å²) < 4.78 is 11.8. The van der Waals surface area contributed by atoms with Crippen molar-refractivity contribution >= 4 is 38.9 Å². The van der Waals surface area contributed by atoms with Crippen molar-refractivity contribution in [2.45, 2.75) is 6.61 Å². The Morgan fingerprint density at radius 1 is 1.07 bits per heavy atom. The third-order valence-corrected chi connectivity index (χ3v) is 5.29. The van der Waals surface area contributed by atoms with E-state index in [4.69, 9.17) is 9.47 Å². The molecular formula is C23H19N3O3S. The van der Waals surface area contributed by atoms with E-state index in [1.807, 2.05) is 60.7 Å². The van der Waals surface area contributed by atoms with Gasteiger partial charge in [-0.3, -0.25) is 5.43 Å². The van der Waals surface area contributed by atoms with Crippen LogP contribution in [0.5, 0.6) is 5.75 Å². The van der Waals surface area contributed by atoms with Gasteiger partial charge in [-0.15, -0.1) is 0 Å². The number of esters is 1. The fraction of sp³-hybridized carbons (Fsp3) is 0.0870. The first-order valence-electron chi connectivity index (χ1n) is 9.26. The first kappa shape index (κ1) is 19.6. The summed E-state index contributed by atoms with van der Waals surface area (Å²) in [5.41, 5.74) is 6.23. The number of carbonyl (C=O) groups is 1. The van der Waals surface area contributed by atoms with Crippen molar-refractivity contribution in [1.29, 1.82) is 0 Å². The predicted molar refractivity (Wildman–Crippen MR) is 119 cm³/mol. The molecule has 0 atom stereocenters. The normalized spacial score (nSPS) is 11.0. The Bertz CT molecular complexity index is 1150. The number of carbonyl (C=O) groups excluding carboxylic acids is 1. The van der Waals surface area contributed by atoms with Crippen molar-refractivity contribution in [3.8, 4) is 5.75 Å². The van der Waals surface area contributed by atoms with Crippen LogP contribution in [-0.4, -0.2) is 24.3 Å². The number of hydrazone groups is 1. The maximum absolute atomic E-state index is 11.5. The van der Waals surface area contributed by atoms with Gasteiger partial charge in [-0.25, -0.2) is 9.78 Å². The van der Waals surface area contributed by atoms with Gasteiger partial charge in [0.25, 0.3) is 0 Å². The number of nitrogens with one attached hydrogen (secondary N) is 1. The second-order valence-corrected chi connectivity index (χ2v) is 7.40. The number of fused-ring (bicyclic) bond motifs is 1. The average molecular weight is 417 g/mol. The molecule has 150 valence electrons. The van der Waals surface area contributed by atoms with Gasteiger partial charge in [-0.05, 0) is 42.0 Å². The highest BCUT2D eigenvalue weighted by atomic mass is 32.1. The van der Waals surface area contributed by atoms with E-state index in [1.54, 1.807) is 29.7 Å². The second-order valence-electron chi connectivity index (χ2n) is 6.37. The van der Waals surface area contributed by atoms with Gasteiger partial charge in [0.15, 0.2) is 0 Å². The highest BCUT2D eigenvalue weighted by Crippen LogP contribution is 2.25. The molecule has 0 aliphatic rings. The molecule has 0 aliphatic heterocycles. The standard InChI is InChI=1S/C23H19N3O3S/c1-28-22(27)17-12-10-16(11-13-17)15-29-20-8-4-2-6-18(20)14-24-26-23-25-19-7-3-5-9-21(19)30-23/h2-14H,15H2,1H3,(H,25,26)/b24-14+. The van der Waals surface area contributed by atoms with Crippen molar-refractivity contribution in [1.82, 2.24) is 4.98 Å². The quantitative estimate of drug-likeness (QED) is 0.257. The zero-order valence-corrected chi connectivity index (χ0v) is 17.1. The van der Waals surface area contributed by atoms with Gasteiger partial charge in [0.05, 0.1) is 29.1 Å². The summed E-state index contributed by atoms with van der Waals surface area (Å²) in [5, 5.41) is 5.04. The monoisotopic (exact) mass is 417 g/mol. The fourth-order valence-corrected chi connectivity index (χ4v) is 3.63. The number of anilines is 1. The molecule has 7 heteroatoms. The highest BCUT2D eigenvalue weighted by Gasteiger charge is 2.06. The van der Waals surface area contributed by atoms with Gasteiger partial charge in [0, 0.05) is 5.56 Å². The molecule has 3 aromatic carbocycles. The minimum atomic E-state index is -0.357. The van der Waals surface area contributed by atoms with E-state index in [0.29, 0.717) is 17.9 Å². The molecule has 4 rings (SSSR count). The zero-order valence-electron chi connectivity index (χ0n) is 16.2. The van der Waals surface area contributed by atoms with Crippen LogP contribution < -0.4 is 10.2 Å². The maximum Gasteiger partial charge on any atom is 0.337 e. The number of para-hydroxylation sites is 2. The Morgan fingerprint density at radius 3 is 2.63 bits per heavy atom. The van der Waals surface area contributed by atoms with Crippen molar-refractivity contribution in [3.63, 3.8) is 0 Å². The lowest BCUT2D eigenvalue weighted by atomic mass is 10.1. The molecule has 0 saturated carbocycles. The molecule has 1 heterocycles. The van der Waals surface area contributed by atoms with Crippen LogP contribution in [-0.2, 0) is 11.3 Å². The van der Waals surface area contributed by atoms with Gasteiger partial charge < -0.3 is 9.47 Å². The third kappa shape index (κ3) is 4.64. The summed E-state index contributed by atoms with van der Waals surface area (Å²) in [4.78, 5) is 16.0. The van der Waals surface area contributed by atoms with Gasteiger partial charge in [0.1, 0.15) is 12.4 Å². The molecule has 0 saturated heterocycles. The number of rotatable bonds is 7.